The van der Waals surface area contributed by atoms with Gasteiger partial charge in [-0.2, -0.15) is 5.26 Å². The Balaban J connectivity index is 1.88. The fourth-order valence-electron chi connectivity index (χ4n) is 3.18. The van der Waals surface area contributed by atoms with Crippen molar-refractivity contribution in [3.63, 3.8) is 0 Å². The van der Waals surface area contributed by atoms with Crippen molar-refractivity contribution < 1.29 is 0 Å². The van der Waals surface area contributed by atoms with Crippen LogP contribution in [0.1, 0.15) is 102 Å². The molecule has 1 aromatic rings. The molecule has 0 aliphatic heterocycles. The lowest BCUT2D eigenvalue weighted by molar-refractivity contribution is 0.539. The summed E-state index contributed by atoms with van der Waals surface area (Å²) in [5, 5.41) is 9.07. The van der Waals surface area contributed by atoms with Crippen molar-refractivity contribution in [2.24, 2.45) is 0 Å². The van der Waals surface area contributed by atoms with Crippen LogP contribution in [-0.2, 0) is 6.42 Å². The van der Waals surface area contributed by atoms with E-state index in [4.69, 9.17) is 5.26 Å². The summed E-state index contributed by atoms with van der Waals surface area (Å²) in [6, 6.07) is 10.3. The van der Waals surface area contributed by atoms with Crippen LogP contribution in [0.25, 0.3) is 0 Å². The van der Waals surface area contributed by atoms with E-state index in [0.717, 1.165) is 12.0 Å². The highest BCUT2D eigenvalue weighted by Crippen LogP contribution is 2.15. The zero-order chi connectivity index (χ0) is 16.6. The van der Waals surface area contributed by atoms with E-state index in [0.29, 0.717) is 0 Å². The molecule has 0 bridgehead atoms. The van der Waals surface area contributed by atoms with E-state index in [1.807, 2.05) is 18.2 Å². The zero-order valence-corrected chi connectivity index (χ0v) is 15.2. The van der Waals surface area contributed by atoms with Gasteiger partial charge < -0.3 is 0 Å². The predicted octanol–water partition coefficient (Wildman–Crippen LogP) is 7.19. The topological polar surface area (TPSA) is 23.8 Å². The molecule has 0 aliphatic carbocycles. The van der Waals surface area contributed by atoms with Crippen molar-refractivity contribution in [1.82, 2.24) is 0 Å². The number of hydrogen-bond acceptors (Lipinski definition) is 1. The highest BCUT2D eigenvalue weighted by molar-refractivity contribution is 5.37. The third kappa shape index (κ3) is 10.2. The minimum atomic E-state index is 0.853. The van der Waals surface area contributed by atoms with E-state index in [1.54, 1.807) is 0 Å². The fraction of sp³-hybridized carbons (Fsp3) is 0.682. The van der Waals surface area contributed by atoms with Crippen molar-refractivity contribution in [2.45, 2.75) is 96.8 Å². The van der Waals surface area contributed by atoms with Crippen LogP contribution < -0.4 is 0 Å². The summed E-state index contributed by atoms with van der Waals surface area (Å²) in [5.74, 6) is 0. The van der Waals surface area contributed by atoms with Gasteiger partial charge in [0.25, 0.3) is 0 Å². The molecule has 0 saturated carbocycles. The summed E-state index contributed by atoms with van der Waals surface area (Å²) in [6.07, 6.45) is 19.1. The standard InChI is InChI=1S/C22H35N/c1-2-3-4-5-6-7-8-9-10-11-12-13-14-17-21-18-15-16-19-22(21)20-23/h15-16,18-19H,2-14,17H2,1H3. The van der Waals surface area contributed by atoms with E-state index >= 15 is 0 Å². The van der Waals surface area contributed by atoms with Crippen molar-refractivity contribution in [1.29, 1.82) is 5.26 Å². The Labute approximate surface area is 144 Å². The van der Waals surface area contributed by atoms with Gasteiger partial charge >= 0.3 is 0 Å². The molecule has 0 aliphatic rings. The molecule has 0 heterocycles. The molecular weight excluding hydrogens is 278 g/mol. The summed E-state index contributed by atoms with van der Waals surface area (Å²) < 4.78 is 0. The molecule has 0 atom stereocenters. The summed E-state index contributed by atoms with van der Waals surface area (Å²) in [6.45, 7) is 2.28. The van der Waals surface area contributed by atoms with Crippen molar-refractivity contribution in [3.8, 4) is 6.07 Å². The molecule has 0 spiro atoms. The van der Waals surface area contributed by atoms with Gasteiger partial charge in [-0.05, 0) is 24.5 Å². The number of rotatable bonds is 14. The molecule has 0 radical (unpaired) electrons. The Morgan fingerprint density at radius 1 is 0.696 bits per heavy atom. The highest BCUT2D eigenvalue weighted by atomic mass is 14.2. The van der Waals surface area contributed by atoms with Gasteiger partial charge in [-0.1, -0.05) is 102 Å². The third-order valence-electron chi connectivity index (χ3n) is 4.69. The Hall–Kier alpha value is -1.29. The molecule has 0 aromatic heterocycles. The minimum Gasteiger partial charge on any atom is -0.192 e. The van der Waals surface area contributed by atoms with Crippen molar-refractivity contribution in [2.75, 3.05) is 0 Å². The first-order valence-electron chi connectivity index (χ1n) is 9.86. The first-order valence-corrected chi connectivity index (χ1v) is 9.86. The highest BCUT2D eigenvalue weighted by Gasteiger charge is 2.00. The number of nitriles is 1. The molecule has 1 heteroatoms. The average Bonchev–Trinajstić information content (AvgIpc) is 2.59. The average molecular weight is 314 g/mol. The van der Waals surface area contributed by atoms with Crippen molar-refractivity contribution in [3.05, 3.63) is 35.4 Å². The van der Waals surface area contributed by atoms with E-state index in [1.165, 1.54) is 89.0 Å². The molecule has 1 aromatic carbocycles. The molecule has 23 heavy (non-hydrogen) atoms. The smallest absolute Gasteiger partial charge is 0.0994 e. The first-order chi connectivity index (χ1) is 11.4. The lowest BCUT2D eigenvalue weighted by atomic mass is 10.0. The largest absolute Gasteiger partial charge is 0.192 e. The lowest BCUT2D eigenvalue weighted by Crippen LogP contribution is -1.90. The van der Waals surface area contributed by atoms with E-state index < -0.39 is 0 Å². The van der Waals surface area contributed by atoms with Crippen LogP contribution in [0.15, 0.2) is 24.3 Å². The summed E-state index contributed by atoms with van der Waals surface area (Å²) >= 11 is 0. The van der Waals surface area contributed by atoms with Crippen LogP contribution >= 0.6 is 0 Å². The second-order valence-electron chi connectivity index (χ2n) is 6.76. The normalized spacial score (nSPS) is 10.6. The molecule has 0 unspecified atom stereocenters. The van der Waals surface area contributed by atoms with Crippen LogP contribution in [0.5, 0.6) is 0 Å². The molecule has 0 saturated heterocycles. The fourth-order valence-corrected chi connectivity index (χ4v) is 3.18. The van der Waals surface area contributed by atoms with Gasteiger partial charge in [-0.3, -0.25) is 0 Å². The van der Waals surface area contributed by atoms with Crippen LogP contribution in [0.4, 0.5) is 0 Å². The summed E-state index contributed by atoms with van der Waals surface area (Å²) in [4.78, 5) is 0. The van der Waals surface area contributed by atoms with E-state index in [-0.39, 0.29) is 0 Å². The van der Waals surface area contributed by atoms with Gasteiger partial charge in [0, 0.05) is 0 Å². The van der Waals surface area contributed by atoms with Gasteiger partial charge in [0.15, 0.2) is 0 Å². The Kier molecular flexibility index (Phi) is 12.3. The first kappa shape index (κ1) is 19.8. The molecule has 1 rings (SSSR count). The van der Waals surface area contributed by atoms with E-state index in [2.05, 4.69) is 19.1 Å². The van der Waals surface area contributed by atoms with E-state index in [9.17, 15) is 0 Å². The van der Waals surface area contributed by atoms with Gasteiger partial charge in [-0.25, -0.2) is 0 Å². The Bertz CT molecular complexity index is 430. The predicted molar refractivity (Wildman–Crippen MR) is 101 cm³/mol. The monoisotopic (exact) mass is 313 g/mol. The summed E-state index contributed by atoms with van der Waals surface area (Å²) in [5.41, 5.74) is 2.07. The minimum absolute atomic E-state index is 0.853. The Morgan fingerprint density at radius 3 is 1.70 bits per heavy atom. The molecule has 0 fully saturated rings. The molecule has 1 nitrogen and oxygen atoms in total. The summed E-state index contributed by atoms with van der Waals surface area (Å²) in [7, 11) is 0. The maximum Gasteiger partial charge on any atom is 0.0994 e. The number of unbranched alkanes of at least 4 members (excludes halogenated alkanes) is 12. The molecule has 0 amide bonds. The Morgan fingerprint density at radius 2 is 1.17 bits per heavy atom. The number of benzene rings is 1. The zero-order valence-electron chi connectivity index (χ0n) is 15.2. The number of aryl methyl sites for hydroxylation is 1. The van der Waals surface area contributed by atoms with Crippen LogP contribution in [-0.4, -0.2) is 0 Å². The second-order valence-corrected chi connectivity index (χ2v) is 6.76. The quantitative estimate of drug-likeness (QED) is 0.333. The SMILES string of the molecule is CCCCCCCCCCCCCCCc1ccccc1C#N. The van der Waals surface area contributed by atoms with Crippen LogP contribution in [0.2, 0.25) is 0 Å². The van der Waals surface area contributed by atoms with Crippen LogP contribution in [0, 0.1) is 11.3 Å². The van der Waals surface area contributed by atoms with Gasteiger partial charge in [-0.15, -0.1) is 0 Å². The molecule has 128 valence electrons. The second kappa shape index (κ2) is 14.3. The third-order valence-corrected chi connectivity index (χ3v) is 4.69. The van der Waals surface area contributed by atoms with Gasteiger partial charge in [0.2, 0.25) is 0 Å². The maximum absolute atomic E-state index is 9.07. The number of nitrogens with zero attached hydrogens (tertiary/aromatic N) is 1. The lowest BCUT2D eigenvalue weighted by Gasteiger charge is -2.04. The maximum atomic E-state index is 9.07. The molecular formula is C22H35N. The van der Waals surface area contributed by atoms with Gasteiger partial charge in [0.1, 0.15) is 0 Å². The number of hydrogen-bond donors (Lipinski definition) is 0. The van der Waals surface area contributed by atoms with Gasteiger partial charge in [0.05, 0.1) is 11.6 Å². The van der Waals surface area contributed by atoms with Crippen LogP contribution in [0.3, 0.4) is 0 Å². The van der Waals surface area contributed by atoms with Crippen molar-refractivity contribution >= 4 is 0 Å². The molecule has 0 N–H and O–H groups in total.